The summed E-state index contributed by atoms with van der Waals surface area (Å²) in [7, 11) is 1.88. The van der Waals surface area contributed by atoms with Crippen molar-refractivity contribution in [1.82, 2.24) is 0 Å². The second-order valence-corrected chi connectivity index (χ2v) is 4.17. The number of hydrogen-bond donors (Lipinski definition) is 1. The first-order valence-electron chi connectivity index (χ1n) is 4.35. The molecule has 1 rings (SSSR count). The molecule has 0 aliphatic heterocycles. The van der Waals surface area contributed by atoms with Gasteiger partial charge in [-0.05, 0) is 25.1 Å². The van der Waals surface area contributed by atoms with Gasteiger partial charge < -0.3 is 10.0 Å². The van der Waals surface area contributed by atoms with E-state index in [0.717, 1.165) is 5.69 Å². The predicted octanol–water partition coefficient (Wildman–Crippen LogP) is 2.81. The summed E-state index contributed by atoms with van der Waals surface area (Å²) >= 11 is 11.8. The van der Waals surface area contributed by atoms with Gasteiger partial charge >= 0.3 is 0 Å². The largest absolute Gasteiger partial charge is 0.392 e. The second kappa shape index (κ2) is 4.87. The van der Waals surface area contributed by atoms with Crippen LogP contribution in [-0.2, 0) is 0 Å². The summed E-state index contributed by atoms with van der Waals surface area (Å²) < 4.78 is 0. The molecule has 0 saturated heterocycles. The Morgan fingerprint density at radius 1 is 1.43 bits per heavy atom. The fraction of sp³-hybridized carbons (Fsp3) is 0.400. The molecule has 0 amide bonds. The number of halogens is 2. The molecular formula is C10H13Cl2NO. The molecule has 14 heavy (non-hydrogen) atoms. The number of nitrogens with zero attached hydrogens (tertiary/aromatic N) is 1. The summed E-state index contributed by atoms with van der Waals surface area (Å²) in [6, 6.07) is 5.31. The lowest BCUT2D eigenvalue weighted by Gasteiger charge is -2.22. The predicted molar refractivity (Wildman–Crippen MR) is 61.4 cm³/mol. The molecule has 0 aliphatic carbocycles. The first-order valence-corrected chi connectivity index (χ1v) is 5.10. The van der Waals surface area contributed by atoms with E-state index in [1.165, 1.54) is 0 Å². The van der Waals surface area contributed by atoms with Crippen molar-refractivity contribution in [3.05, 3.63) is 28.2 Å². The van der Waals surface area contributed by atoms with Crippen molar-refractivity contribution in [2.75, 3.05) is 18.5 Å². The quantitative estimate of drug-likeness (QED) is 0.869. The van der Waals surface area contributed by atoms with Gasteiger partial charge in [0, 0.05) is 18.6 Å². The molecule has 0 aromatic heterocycles. The molecule has 0 bridgehead atoms. The van der Waals surface area contributed by atoms with Gasteiger partial charge in [0.25, 0.3) is 0 Å². The van der Waals surface area contributed by atoms with Crippen LogP contribution in [0, 0.1) is 0 Å². The summed E-state index contributed by atoms with van der Waals surface area (Å²) in [6.45, 7) is 2.28. The lowest BCUT2D eigenvalue weighted by atomic mass is 10.2. The minimum Gasteiger partial charge on any atom is -0.392 e. The molecule has 2 nitrogen and oxygen atoms in total. The Morgan fingerprint density at radius 2 is 2.07 bits per heavy atom. The van der Waals surface area contributed by atoms with Crippen LogP contribution in [0.1, 0.15) is 6.92 Å². The lowest BCUT2D eigenvalue weighted by molar-refractivity contribution is 0.201. The number of anilines is 1. The molecule has 78 valence electrons. The van der Waals surface area contributed by atoms with Gasteiger partial charge in [-0.25, -0.2) is 0 Å². The van der Waals surface area contributed by atoms with Gasteiger partial charge in [-0.2, -0.15) is 0 Å². The summed E-state index contributed by atoms with van der Waals surface area (Å²) in [5, 5.41) is 10.4. The average molecular weight is 234 g/mol. The third-order valence-corrected chi connectivity index (χ3v) is 2.40. The maximum absolute atomic E-state index is 9.22. The van der Waals surface area contributed by atoms with E-state index in [9.17, 15) is 5.11 Å². The summed E-state index contributed by atoms with van der Waals surface area (Å²) in [5.41, 5.74) is 0.872. The Balaban J connectivity index is 2.84. The summed E-state index contributed by atoms with van der Waals surface area (Å²) in [4.78, 5) is 1.89. The van der Waals surface area contributed by atoms with E-state index in [-0.39, 0.29) is 6.10 Å². The van der Waals surface area contributed by atoms with Crippen molar-refractivity contribution in [2.45, 2.75) is 13.0 Å². The Hall–Kier alpha value is -0.440. The minimum atomic E-state index is -0.383. The molecule has 0 saturated carbocycles. The molecule has 0 fully saturated rings. The van der Waals surface area contributed by atoms with E-state index in [2.05, 4.69) is 0 Å². The Labute approximate surface area is 94.1 Å². The highest BCUT2D eigenvalue weighted by atomic mass is 35.5. The fourth-order valence-electron chi connectivity index (χ4n) is 1.29. The van der Waals surface area contributed by atoms with E-state index < -0.39 is 0 Å². The topological polar surface area (TPSA) is 23.5 Å². The maximum Gasteiger partial charge on any atom is 0.0686 e. The van der Waals surface area contributed by atoms with E-state index in [1.807, 2.05) is 18.0 Å². The highest BCUT2D eigenvalue weighted by Crippen LogP contribution is 2.27. The molecule has 1 unspecified atom stereocenters. The van der Waals surface area contributed by atoms with Crippen LogP contribution in [0.3, 0.4) is 0 Å². The average Bonchev–Trinajstić information content (AvgIpc) is 2.01. The van der Waals surface area contributed by atoms with Crippen molar-refractivity contribution in [3.8, 4) is 0 Å². The molecule has 0 spiro atoms. The molecule has 1 aromatic rings. The molecule has 0 heterocycles. The van der Waals surface area contributed by atoms with Crippen LogP contribution in [0.15, 0.2) is 18.2 Å². The number of aliphatic hydroxyl groups excluding tert-OH is 1. The van der Waals surface area contributed by atoms with Crippen LogP contribution in [0.2, 0.25) is 10.0 Å². The molecule has 1 aromatic carbocycles. The third-order valence-electron chi connectivity index (χ3n) is 1.86. The Bertz CT molecular complexity index is 315. The summed E-state index contributed by atoms with van der Waals surface area (Å²) in [6.07, 6.45) is -0.383. The highest BCUT2D eigenvalue weighted by Gasteiger charge is 2.08. The number of aliphatic hydroxyl groups is 1. The number of hydrogen-bond acceptors (Lipinski definition) is 2. The molecule has 1 N–H and O–H groups in total. The van der Waals surface area contributed by atoms with Crippen LogP contribution in [0.25, 0.3) is 0 Å². The van der Waals surface area contributed by atoms with Crippen LogP contribution < -0.4 is 4.90 Å². The first kappa shape index (κ1) is 11.6. The van der Waals surface area contributed by atoms with Crippen molar-refractivity contribution < 1.29 is 5.11 Å². The van der Waals surface area contributed by atoms with Crippen LogP contribution in [0.4, 0.5) is 5.69 Å². The van der Waals surface area contributed by atoms with Gasteiger partial charge in [-0.1, -0.05) is 23.2 Å². The zero-order chi connectivity index (χ0) is 10.7. The number of likely N-dealkylation sites (N-methyl/N-ethyl adjacent to an activating group) is 1. The molecular weight excluding hydrogens is 221 g/mol. The van der Waals surface area contributed by atoms with Crippen LogP contribution in [-0.4, -0.2) is 24.8 Å². The van der Waals surface area contributed by atoms with Crippen LogP contribution >= 0.6 is 23.2 Å². The second-order valence-electron chi connectivity index (χ2n) is 3.33. The molecule has 0 radical (unpaired) electrons. The van der Waals surface area contributed by atoms with Crippen molar-refractivity contribution in [3.63, 3.8) is 0 Å². The van der Waals surface area contributed by atoms with Gasteiger partial charge in [-0.15, -0.1) is 0 Å². The molecule has 1 atom stereocenters. The first-order chi connectivity index (χ1) is 6.50. The van der Waals surface area contributed by atoms with Gasteiger partial charge in [0.1, 0.15) is 0 Å². The Kier molecular flexibility index (Phi) is 4.05. The maximum atomic E-state index is 9.22. The van der Waals surface area contributed by atoms with E-state index in [4.69, 9.17) is 23.2 Å². The Morgan fingerprint density at radius 3 is 2.57 bits per heavy atom. The van der Waals surface area contributed by atoms with E-state index in [1.54, 1.807) is 19.1 Å². The third kappa shape index (κ3) is 3.05. The summed E-state index contributed by atoms with van der Waals surface area (Å²) in [5.74, 6) is 0. The monoisotopic (exact) mass is 233 g/mol. The molecule has 0 aliphatic rings. The van der Waals surface area contributed by atoms with E-state index >= 15 is 0 Å². The minimum absolute atomic E-state index is 0.383. The van der Waals surface area contributed by atoms with Crippen molar-refractivity contribution in [2.24, 2.45) is 0 Å². The van der Waals surface area contributed by atoms with Crippen molar-refractivity contribution >= 4 is 28.9 Å². The van der Waals surface area contributed by atoms with Crippen LogP contribution in [0.5, 0.6) is 0 Å². The van der Waals surface area contributed by atoms with E-state index in [0.29, 0.717) is 16.6 Å². The molecule has 4 heteroatoms. The zero-order valence-corrected chi connectivity index (χ0v) is 9.68. The fourth-order valence-corrected chi connectivity index (χ4v) is 1.84. The standard InChI is InChI=1S/C10H13Cl2NO/c1-7(14)6-13(2)10-4-3-8(11)5-9(10)12/h3-5,7,14H,6H2,1-2H3. The zero-order valence-electron chi connectivity index (χ0n) is 8.17. The van der Waals surface area contributed by atoms with Gasteiger partial charge in [0.2, 0.25) is 0 Å². The number of benzene rings is 1. The smallest absolute Gasteiger partial charge is 0.0686 e. The highest BCUT2D eigenvalue weighted by molar-refractivity contribution is 6.36. The van der Waals surface area contributed by atoms with Crippen molar-refractivity contribution in [1.29, 1.82) is 0 Å². The SMILES string of the molecule is CC(O)CN(C)c1ccc(Cl)cc1Cl. The van der Waals surface area contributed by atoms with Gasteiger partial charge in [0.15, 0.2) is 0 Å². The van der Waals surface area contributed by atoms with Gasteiger partial charge in [-0.3, -0.25) is 0 Å². The lowest BCUT2D eigenvalue weighted by Crippen LogP contribution is -2.26. The normalized spacial score (nSPS) is 12.6. The number of rotatable bonds is 3. The van der Waals surface area contributed by atoms with Gasteiger partial charge in [0.05, 0.1) is 16.8 Å².